The number of hydrogen-bond acceptors (Lipinski definition) is 7. The van der Waals surface area contributed by atoms with Crippen molar-refractivity contribution < 1.29 is 14.3 Å². The molecule has 1 heterocycles. The van der Waals surface area contributed by atoms with E-state index in [1.54, 1.807) is 25.1 Å². The highest BCUT2D eigenvalue weighted by molar-refractivity contribution is 6.35. The molecular formula is C16H14Cl2N4O3. The van der Waals surface area contributed by atoms with Crippen molar-refractivity contribution in [2.24, 2.45) is 0 Å². The van der Waals surface area contributed by atoms with E-state index in [0.29, 0.717) is 21.5 Å². The number of carbonyl (C=O) groups is 1. The van der Waals surface area contributed by atoms with Crippen LogP contribution in [-0.2, 0) is 9.53 Å². The summed E-state index contributed by atoms with van der Waals surface area (Å²) in [5, 5.41) is 10.1. The molecule has 0 bridgehead atoms. The van der Waals surface area contributed by atoms with E-state index in [4.69, 9.17) is 27.9 Å². The third kappa shape index (κ3) is 4.50. The number of esters is 1. The van der Waals surface area contributed by atoms with Crippen LogP contribution >= 0.6 is 23.2 Å². The van der Waals surface area contributed by atoms with Gasteiger partial charge in [-0.15, -0.1) is 0 Å². The maximum Gasteiger partial charge on any atom is 0.329 e. The lowest BCUT2D eigenvalue weighted by Crippen LogP contribution is -2.37. The SMILES string of the molecule is COC(=O)[C@H](C)N(C#N)c1nc(C)cc(Oc2ccc(Cl)cc2Cl)n1. The predicted molar refractivity (Wildman–Crippen MR) is 92.9 cm³/mol. The topological polar surface area (TPSA) is 88.3 Å². The molecule has 0 saturated carbocycles. The summed E-state index contributed by atoms with van der Waals surface area (Å²) in [6.45, 7) is 3.22. The Morgan fingerprint density at radius 3 is 2.64 bits per heavy atom. The van der Waals surface area contributed by atoms with Crippen molar-refractivity contribution in [3.63, 3.8) is 0 Å². The number of ether oxygens (including phenoxy) is 2. The predicted octanol–water partition coefficient (Wildman–Crippen LogP) is 3.73. The second-order valence-corrected chi connectivity index (χ2v) is 5.84. The molecule has 2 rings (SSSR count). The van der Waals surface area contributed by atoms with Gasteiger partial charge in [0.05, 0.1) is 12.1 Å². The highest BCUT2D eigenvalue weighted by Crippen LogP contribution is 2.31. The van der Waals surface area contributed by atoms with Crippen molar-refractivity contribution in [1.82, 2.24) is 9.97 Å². The molecule has 9 heteroatoms. The highest BCUT2D eigenvalue weighted by Gasteiger charge is 2.25. The molecule has 1 aromatic heterocycles. The Kier molecular flexibility index (Phi) is 6.02. The number of methoxy groups -OCH3 is 1. The molecule has 0 saturated heterocycles. The van der Waals surface area contributed by atoms with Gasteiger partial charge < -0.3 is 9.47 Å². The van der Waals surface area contributed by atoms with Gasteiger partial charge in [-0.05, 0) is 32.0 Å². The Morgan fingerprint density at radius 1 is 1.32 bits per heavy atom. The monoisotopic (exact) mass is 380 g/mol. The molecule has 0 aliphatic heterocycles. The Morgan fingerprint density at radius 2 is 2.04 bits per heavy atom. The van der Waals surface area contributed by atoms with Gasteiger partial charge in [-0.1, -0.05) is 23.2 Å². The lowest BCUT2D eigenvalue weighted by molar-refractivity contribution is -0.141. The van der Waals surface area contributed by atoms with Gasteiger partial charge in [0.2, 0.25) is 11.8 Å². The Balaban J connectivity index is 2.36. The molecule has 0 aliphatic carbocycles. The van der Waals surface area contributed by atoms with E-state index >= 15 is 0 Å². The fourth-order valence-electron chi connectivity index (χ4n) is 1.94. The number of nitrogens with zero attached hydrogens (tertiary/aromatic N) is 4. The molecule has 25 heavy (non-hydrogen) atoms. The molecule has 0 aliphatic rings. The average molecular weight is 381 g/mol. The van der Waals surface area contributed by atoms with E-state index in [-0.39, 0.29) is 11.8 Å². The summed E-state index contributed by atoms with van der Waals surface area (Å²) in [7, 11) is 1.24. The largest absolute Gasteiger partial charge is 0.467 e. The van der Waals surface area contributed by atoms with Crippen molar-refractivity contribution in [2.75, 3.05) is 12.0 Å². The van der Waals surface area contributed by atoms with Crippen molar-refractivity contribution in [1.29, 1.82) is 5.26 Å². The maximum atomic E-state index is 11.7. The number of carbonyl (C=O) groups excluding carboxylic acids is 1. The summed E-state index contributed by atoms with van der Waals surface area (Å²) in [6, 6.07) is 5.45. The molecule has 1 aromatic carbocycles. The fourth-order valence-corrected chi connectivity index (χ4v) is 2.38. The molecule has 7 nitrogen and oxygen atoms in total. The molecule has 0 unspecified atom stereocenters. The first-order chi connectivity index (χ1) is 11.8. The van der Waals surface area contributed by atoms with Crippen LogP contribution in [0.3, 0.4) is 0 Å². The van der Waals surface area contributed by atoms with Crippen LogP contribution in [0.1, 0.15) is 12.6 Å². The Bertz CT molecular complexity index is 839. The van der Waals surface area contributed by atoms with Crippen LogP contribution in [0.4, 0.5) is 5.95 Å². The van der Waals surface area contributed by atoms with Crippen molar-refractivity contribution in [3.8, 4) is 17.8 Å². The van der Waals surface area contributed by atoms with E-state index < -0.39 is 12.0 Å². The fraction of sp³-hybridized carbons (Fsp3) is 0.250. The summed E-state index contributed by atoms with van der Waals surface area (Å²) in [6.07, 6.45) is 1.88. The molecule has 1 atom stereocenters. The zero-order valence-corrected chi connectivity index (χ0v) is 15.2. The van der Waals surface area contributed by atoms with E-state index in [1.165, 1.54) is 20.1 Å². The van der Waals surface area contributed by atoms with Crippen molar-refractivity contribution in [3.05, 3.63) is 40.0 Å². The minimum Gasteiger partial charge on any atom is -0.467 e. The molecule has 2 aromatic rings. The van der Waals surface area contributed by atoms with Crippen LogP contribution in [0.15, 0.2) is 24.3 Å². The number of halogens is 2. The van der Waals surface area contributed by atoms with Gasteiger partial charge in [0.15, 0.2) is 6.19 Å². The number of benzene rings is 1. The smallest absolute Gasteiger partial charge is 0.329 e. The van der Waals surface area contributed by atoms with E-state index in [2.05, 4.69) is 14.7 Å². The van der Waals surface area contributed by atoms with Gasteiger partial charge in [-0.3, -0.25) is 0 Å². The first-order valence-corrected chi connectivity index (χ1v) is 7.86. The number of aromatic nitrogens is 2. The molecule has 0 radical (unpaired) electrons. The van der Waals surface area contributed by atoms with Crippen LogP contribution in [0.25, 0.3) is 0 Å². The molecule has 0 amide bonds. The van der Waals surface area contributed by atoms with Crippen LogP contribution in [0.5, 0.6) is 11.6 Å². The normalized spacial score (nSPS) is 11.4. The Hall–Kier alpha value is -2.56. The third-order valence-electron chi connectivity index (χ3n) is 3.18. The lowest BCUT2D eigenvalue weighted by atomic mass is 10.3. The standard InChI is InChI=1S/C16H14Cl2N4O3/c1-9-6-14(25-13-5-4-11(17)7-12(13)18)21-16(20-9)22(8-19)10(2)15(23)24-3/h4-7,10H,1-3H3/t10-/m0/s1. The van der Waals surface area contributed by atoms with Crippen LogP contribution in [0.2, 0.25) is 10.0 Å². The van der Waals surface area contributed by atoms with Gasteiger partial charge >= 0.3 is 5.97 Å². The van der Waals surface area contributed by atoms with Crippen LogP contribution < -0.4 is 9.64 Å². The van der Waals surface area contributed by atoms with E-state index in [1.807, 2.05) is 6.19 Å². The van der Waals surface area contributed by atoms with E-state index in [9.17, 15) is 10.1 Å². The second kappa shape index (κ2) is 8.01. The van der Waals surface area contributed by atoms with Gasteiger partial charge in [0.25, 0.3) is 0 Å². The summed E-state index contributed by atoms with van der Waals surface area (Å²) in [5.74, 6) is -0.0564. The number of nitriles is 1. The molecule has 0 N–H and O–H groups in total. The Labute approximate surface area is 154 Å². The zero-order valence-electron chi connectivity index (χ0n) is 13.7. The molecule has 0 spiro atoms. The third-order valence-corrected chi connectivity index (χ3v) is 3.71. The quantitative estimate of drug-likeness (QED) is 0.443. The van der Waals surface area contributed by atoms with Gasteiger partial charge in [0.1, 0.15) is 11.8 Å². The number of rotatable bonds is 5. The van der Waals surface area contributed by atoms with Gasteiger partial charge in [-0.25, -0.2) is 14.7 Å². The zero-order chi connectivity index (χ0) is 18.6. The molecular weight excluding hydrogens is 367 g/mol. The van der Waals surface area contributed by atoms with Crippen LogP contribution in [-0.4, -0.2) is 29.1 Å². The summed E-state index contributed by atoms with van der Waals surface area (Å²) in [5.41, 5.74) is 0.544. The molecule has 130 valence electrons. The summed E-state index contributed by atoms with van der Waals surface area (Å²) in [4.78, 5) is 21.1. The average Bonchev–Trinajstić information content (AvgIpc) is 2.56. The number of aryl methyl sites for hydroxylation is 1. The lowest BCUT2D eigenvalue weighted by Gasteiger charge is -2.20. The maximum absolute atomic E-state index is 11.7. The number of hydrogen-bond donors (Lipinski definition) is 0. The van der Waals surface area contributed by atoms with Gasteiger partial charge in [0, 0.05) is 16.8 Å². The summed E-state index contributed by atoms with van der Waals surface area (Å²) >= 11 is 11.9. The van der Waals surface area contributed by atoms with Crippen molar-refractivity contribution >= 4 is 35.1 Å². The minimum absolute atomic E-state index is 0.0143. The highest BCUT2D eigenvalue weighted by atomic mass is 35.5. The van der Waals surface area contributed by atoms with Crippen LogP contribution in [0, 0.1) is 18.4 Å². The van der Waals surface area contributed by atoms with Crippen molar-refractivity contribution in [2.45, 2.75) is 19.9 Å². The molecule has 0 fully saturated rings. The first-order valence-electron chi connectivity index (χ1n) is 7.11. The van der Waals surface area contributed by atoms with Gasteiger partial charge in [-0.2, -0.15) is 10.2 Å². The van der Waals surface area contributed by atoms with E-state index in [0.717, 1.165) is 4.90 Å². The first kappa shape index (κ1) is 18.8. The number of anilines is 1. The summed E-state index contributed by atoms with van der Waals surface area (Å²) < 4.78 is 10.3. The minimum atomic E-state index is -0.885. The second-order valence-electron chi connectivity index (χ2n) is 4.99.